The topological polar surface area (TPSA) is 50.8 Å². The summed E-state index contributed by atoms with van der Waals surface area (Å²) in [5.74, 6) is 0.436. The van der Waals surface area contributed by atoms with Crippen molar-refractivity contribution < 1.29 is 14.3 Å². The normalized spacial score (nSPS) is 16.6. The Kier molecular flexibility index (Phi) is 7.82. The fraction of sp³-hybridized carbons (Fsp3) is 0.611. The molecule has 0 bridgehead atoms. The van der Waals surface area contributed by atoms with Gasteiger partial charge in [-0.1, -0.05) is 17.7 Å². The molecule has 1 saturated heterocycles. The van der Waals surface area contributed by atoms with Crippen molar-refractivity contribution in [2.45, 2.75) is 32.8 Å². The highest BCUT2D eigenvalue weighted by molar-refractivity contribution is 6.32. The molecule has 1 aromatic rings. The van der Waals surface area contributed by atoms with Gasteiger partial charge >= 0.3 is 0 Å². The first kappa shape index (κ1) is 19.0. The first-order chi connectivity index (χ1) is 11.6. The second-order valence-electron chi connectivity index (χ2n) is 6.15. The highest BCUT2D eigenvalue weighted by Crippen LogP contribution is 2.26. The first-order valence-electron chi connectivity index (χ1n) is 8.57. The molecule has 1 atom stereocenters. The number of benzene rings is 1. The molecule has 2 rings (SSSR count). The van der Waals surface area contributed by atoms with Crippen molar-refractivity contribution in [3.05, 3.63) is 28.8 Å². The summed E-state index contributed by atoms with van der Waals surface area (Å²) in [5.41, 5.74) is 1.05. The summed E-state index contributed by atoms with van der Waals surface area (Å²) < 4.78 is 11.0. The molecule has 24 heavy (non-hydrogen) atoms. The average molecular weight is 355 g/mol. The molecular formula is C18H27ClN2O3. The number of morpholine rings is 1. The van der Waals surface area contributed by atoms with E-state index in [4.69, 9.17) is 21.1 Å². The lowest BCUT2D eigenvalue weighted by Gasteiger charge is -2.26. The van der Waals surface area contributed by atoms with Crippen molar-refractivity contribution in [3.63, 3.8) is 0 Å². The van der Waals surface area contributed by atoms with Crippen LogP contribution in [0.1, 0.15) is 25.3 Å². The number of nitrogens with zero attached hydrogens (tertiary/aromatic N) is 1. The van der Waals surface area contributed by atoms with Crippen molar-refractivity contribution >= 4 is 17.5 Å². The maximum Gasteiger partial charge on any atom is 0.260 e. The van der Waals surface area contributed by atoms with Crippen molar-refractivity contribution in [2.75, 3.05) is 39.4 Å². The lowest BCUT2D eigenvalue weighted by molar-refractivity contribution is -0.127. The van der Waals surface area contributed by atoms with Crippen molar-refractivity contribution in [3.8, 4) is 5.75 Å². The molecule has 1 fully saturated rings. The fourth-order valence-corrected chi connectivity index (χ4v) is 2.75. The third-order valence-electron chi connectivity index (χ3n) is 4.06. The van der Waals surface area contributed by atoms with Gasteiger partial charge in [-0.25, -0.2) is 0 Å². The van der Waals surface area contributed by atoms with E-state index in [2.05, 4.69) is 10.2 Å². The van der Waals surface area contributed by atoms with Gasteiger partial charge in [0.15, 0.2) is 6.10 Å². The summed E-state index contributed by atoms with van der Waals surface area (Å²) in [7, 11) is 0. The van der Waals surface area contributed by atoms with Gasteiger partial charge in [0.2, 0.25) is 0 Å². The zero-order valence-electron chi connectivity index (χ0n) is 14.5. The van der Waals surface area contributed by atoms with Crippen molar-refractivity contribution in [1.29, 1.82) is 0 Å². The molecule has 5 nitrogen and oxygen atoms in total. The van der Waals surface area contributed by atoms with Crippen LogP contribution < -0.4 is 10.1 Å². The monoisotopic (exact) mass is 354 g/mol. The summed E-state index contributed by atoms with van der Waals surface area (Å²) in [6.45, 7) is 9.09. The molecular weight excluding hydrogens is 328 g/mol. The zero-order valence-corrected chi connectivity index (χ0v) is 15.3. The highest BCUT2D eigenvalue weighted by atomic mass is 35.5. The predicted octanol–water partition coefficient (Wildman–Crippen LogP) is 2.64. The van der Waals surface area contributed by atoms with Crippen LogP contribution >= 0.6 is 11.6 Å². The molecule has 6 heteroatoms. The largest absolute Gasteiger partial charge is 0.479 e. The van der Waals surface area contributed by atoms with E-state index in [0.717, 1.165) is 51.3 Å². The Morgan fingerprint density at radius 1 is 1.38 bits per heavy atom. The smallest absolute Gasteiger partial charge is 0.260 e. The standard InChI is InChI=1S/C18H27ClN2O3/c1-14-5-6-16(19)17(13-14)24-15(2)18(22)20-7-3-4-8-21-9-11-23-12-10-21/h5-6,13,15H,3-4,7-12H2,1-2H3,(H,20,22)/t15-/m0/s1. The lowest BCUT2D eigenvalue weighted by Crippen LogP contribution is -2.38. The minimum absolute atomic E-state index is 0.112. The van der Waals surface area contributed by atoms with Crippen LogP contribution in [-0.2, 0) is 9.53 Å². The summed E-state index contributed by atoms with van der Waals surface area (Å²) >= 11 is 6.09. The Balaban J connectivity index is 1.63. The maximum absolute atomic E-state index is 12.1. The molecule has 0 radical (unpaired) electrons. The van der Waals surface area contributed by atoms with Crippen LogP contribution in [0.2, 0.25) is 5.02 Å². The lowest BCUT2D eigenvalue weighted by atomic mass is 10.2. The number of carbonyl (C=O) groups excluding carboxylic acids is 1. The van der Waals surface area contributed by atoms with E-state index >= 15 is 0 Å². The van der Waals surface area contributed by atoms with Crippen LogP contribution in [0.25, 0.3) is 0 Å². The molecule has 1 N–H and O–H groups in total. The Morgan fingerprint density at radius 2 is 2.12 bits per heavy atom. The third-order valence-corrected chi connectivity index (χ3v) is 4.38. The molecule has 0 spiro atoms. The number of halogens is 1. The third kappa shape index (κ3) is 6.30. The van der Waals surface area contributed by atoms with E-state index in [1.165, 1.54) is 0 Å². The molecule has 0 aromatic heterocycles. The van der Waals surface area contributed by atoms with E-state index < -0.39 is 6.10 Å². The Hall–Kier alpha value is -1.30. The highest BCUT2D eigenvalue weighted by Gasteiger charge is 2.16. The van der Waals surface area contributed by atoms with Crippen LogP contribution in [0.3, 0.4) is 0 Å². The van der Waals surface area contributed by atoms with Crippen molar-refractivity contribution in [2.24, 2.45) is 0 Å². The van der Waals surface area contributed by atoms with E-state index in [1.54, 1.807) is 13.0 Å². The van der Waals surface area contributed by atoms with Crippen LogP contribution in [0.15, 0.2) is 18.2 Å². The zero-order chi connectivity index (χ0) is 17.4. The number of hydrogen-bond donors (Lipinski definition) is 1. The molecule has 0 aliphatic carbocycles. The number of amides is 1. The first-order valence-corrected chi connectivity index (χ1v) is 8.94. The van der Waals surface area contributed by atoms with Crippen LogP contribution in [0, 0.1) is 6.92 Å². The quantitative estimate of drug-likeness (QED) is 0.729. The summed E-state index contributed by atoms with van der Waals surface area (Å²) in [6.07, 6.45) is 1.46. The number of hydrogen-bond acceptors (Lipinski definition) is 4. The summed E-state index contributed by atoms with van der Waals surface area (Å²) in [4.78, 5) is 14.5. The fourth-order valence-electron chi connectivity index (χ4n) is 2.59. The number of rotatable bonds is 8. The van der Waals surface area contributed by atoms with Crippen LogP contribution in [0.4, 0.5) is 0 Å². The number of carbonyl (C=O) groups is 1. The summed E-state index contributed by atoms with van der Waals surface area (Å²) in [6, 6.07) is 5.53. The van der Waals surface area contributed by atoms with Gasteiger partial charge in [0.25, 0.3) is 5.91 Å². The molecule has 0 saturated carbocycles. The number of ether oxygens (including phenoxy) is 2. The number of unbranched alkanes of at least 4 members (excludes halogenated alkanes) is 1. The molecule has 1 aliphatic rings. The Morgan fingerprint density at radius 3 is 2.88 bits per heavy atom. The van der Waals surface area contributed by atoms with Gasteiger partial charge in [-0.2, -0.15) is 0 Å². The number of aryl methyl sites for hydroxylation is 1. The van der Waals surface area contributed by atoms with Gasteiger partial charge in [0.05, 0.1) is 18.2 Å². The van der Waals surface area contributed by atoms with Crippen LogP contribution in [-0.4, -0.2) is 56.3 Å². The molecule has 1 aliphatic heterocycles. The molecule has 1 aromatic carbocycles. The van der Waals surface area contributed by atoms with Gasteiger partial charge in [-0.15, -0.1) is 0 Å². The van der Waals surface area contributed by atoms with Crippen LogP contribution in [0.5, 0.6) is 5.75 Å². The molecule has 134 valence electrons. The van der Waals surface area contributed by atoms with E-state index in [0.29, 0.717) is 17.3 Å². The maximum atomic E-state index is 12.1. The van der Waals surface area contributed by atoms with Gasteiger partial charge in [0, 0.05) is 19.6 Å². The second kappa shape index (κ2) is 9.87. The van der Waals surface area contributed by atoms with Gasteiger partial charge < -0.3 is 14.8 Å². The van der Waals surface area contributed by atoms with E-state index in [9.17, 15) is 4.79 Å². The Bertz CT molecular complexity index is 533. The molecule has 1 heterocycles. The SMILES string of the molecule is Cc1ccc(Cl)c(O[C@@H](C)C(=O)NCCCCN2CCOCC2)c1. The van der Waals surface area contributed by atoms with E-state index in [1.807, 2.05) is 19.1 Å². The molecule has 0 unspecified atom stereocenters. The van der Waals surface area contributed by atoms with E-state index in [-0.39, 0.29) is 5.91 Å². The number of nitrogens with one attached hydrogen (secondary N) is 1. The minimum atomic E-state index is -0.566. The minimum Gasteiger partial charge on any atom is -0.479 e. The second-order valence-corrected chi connectivity index (χ2v) is 6.55. The van der Waals surface area contributed by atoms with Crippen molar-refractivity contribution in [1.82, 2.24) is 10.2 Å². The van der Waals surface area contributed by atoms with Gasteiger partial charge in [-0.05, 0) is 50.9 Å². The van der Waals surface area contributed by atoms with Gasteiger partial charge in [-0.3, -0.25) is 9.69 Å². The molecule has 1 amide bonds. The average Bonchev–Trinajstić information content (AvgIpc) is 2.58. The Labute approximate surface area is 149 Å². The summed E-state index contributed by atoms with van der Waals surface area (Å²) in [5, 5.41) is 3.44. The predicted molar refractivity (Wildman–Crippen MR) is 95.8 cm³/mol. The van der Waals surface area contributed by atoms with Gasteiger partial charge in [0.1, 0.15) is 5.75 Å².